The van der Waals surface area contributed by atoms with E-state index in [9.17, 15) is 0 Å². The highest BCUT2D eigenvalue weighted by molar-refractivity contribution is 9.10. The van der Waals surface area contributed by atoms with Crippen molar-refractivity contribution in [1.29, 1.82) is 5.26 Å². The van der Waals surface area contributed by atoms with Crippen LogP contribution >= 0.6 is 15.9 Å². The number of rotatable bonds is 6. The Morgan fingerprint density at radius 1 is 1.47 bits per heavy atom. The number of nitrogens with zero attached hydrogens (tertiary/aromatic N) is 3. The molecule has 0 radical (unpaired) electrons. The van der Waals surface area contributed by atoms with Gasteiger partial charge in [-0.15, -0.1) is 0 Å². The van der Waals surface area contributed by atoms with Crippen LogP contribution in [0.5, 0.6) is 5.75 Å². The molecule has 1 heterocycles. The highest BCUT2D eigenvalue weighted by atomic mass is 79.9. The first-order valence-corrected chi connectivity index (χ1v) is 6.41. The molecule has 0 saturated heterocycles. The summed E-state index contributed by atoms with van der Waals surface area (Å²) >= 11 is 3.31. The van der Waals surface area contributed by atoms with Crippen LogP contribution in [0.15, 0.2) is 16.7 Å². The van der Waals surface area contributed by atoms with Gasteiger partial charge < -0.3 is 9.64 Å². The topological polar surface area (TPSA) is 49.1 Å². The number of likely N-dealkylation sites (N-methyl/N-ethyl adjacent to an activating group) is 1. The lowest BCUT2D eigenvalue weighted by Crippen LogP contribution is -2.28. The standard InChI is InChI=1S/C12H16BrN3O/c1-3-16(4-2)5-6-17-12-7-10(13)9-15-11(12)8-14/h7,9H,3-6H2,1-2H3. The Morgan fingerprint density at radius 2 is 2.18 bits per heavy atom. The zero-order valence-corrected chi connectivity index (χ0v) is 11.7. The molecule has 0 aliphatic heterocycles. The second-order valence-corrected chi connectivity index (χ2v) is 4.40. The Labute approximate surface area is 110 Å². The highest BCUT2D eigenvalue weighted by Gasteiger charge is 2.06. The van der Waals surface area contributed by atoms with Gasteiger partial charge in [0.25, 0.3) is 0 Å². The van der Waals surface area contributed by atoms with E-state index < -0.39 is 0 Å². The fourth-order valence-corrected chi connectivity index (χ4v) is 1.75. The zero-order valence-electron chi connectivity index (χ0n) is 10.1. The van der Waals surface area contributed by atoms with Crippen molar-refractivity contribution < 1.29 is 4.74 Å². The smallest absolute Gasteiger partial charge is 0.182 e. The normalized spacial score (nSPS) is 10.3. The van der Waals surface area contributed by atoms with Crippen LogP contribution in [0.25, 0.3) is 0 Å². The van der Waals surface area contributed by atoms with Crippen molar-refractivity contribution in [2.45, 2.75) is 13.8 Å². The Morgan fingerprint density at radius 3 is 2.76 bits per heavy atom. The predicted molar refractivity (Wildman–Crippen MR) is 69.9 cm³/mol. The van der Waals surface area contributed by atoms with Crippen molar-refractivity contribution in [3.63, 3.8) is 0 Å². The SMILES string of the molecule is CCN(CC)CCOc1cc(Br)cnc1C#N. The maximum atomic E-state index is 8.89. The molecular formula is C12H16BrN3O. The van der Waals surface area contributed by atoms with Gasteiger partial charge in [0.2, 0.25) is 0 Å². The average molecular weight is 298 g/mol. The van der Waals surface area contributed by atoms with Crippen molar-refractivity contribution in [3.8, 4) is 11.8 Å². The molecule has 4 nitrogen and oxygen atoms in total. The van der Waals surface area contributed by atoms with Crippen molar-refractivity contribution in [2.24, 2.45) is 0 Å². The third-order valence-corrected chi connectivity index (χ3v) is 2.92. The second kappa shape index (κ2) is 7.25. The minimum absolute atomic E-state index is 0.327. The summed E-state index contributed by atoms with van der Waals surface area (Å²) in [6.07, 6.45) is 1.59. The van der Waals surface area contributed by atoms with Crippen LogP contribution in [0.2, 0.25) is 0 Å². The van der Waals surface area contributed by atoms with Gasteiger partial charge >= 0.3 is 0 Å². The third kappa shape index (κ3) is 4.33. The molecule has 0 unspecified atom stereocenters. The first-order chi connectivity index (χ1) is 8.21. The molecule has 0 aliphatic rings. The molecule has 0 amide bonds. The van der Waals surface area contributed by atoms with Gasteiger partial charge in [0.1, 0.15) is 12.7 Å². The van der Waals surface area contributed by atoms with Crippen molar-refractivity contribution in [3.05, 3.63) is 22.4 Å². The summed E-state index contributed by atoms with van der Waals surface area (Å²) in [5.74, 6) is 0.536. The minimum atomic E-state index is 0.327. The molecule has 0 aromatic carbocycles. The van der Waals surface area contributed by atoms with E-state index in [4.69, 9.17) is 10.00 Å². The fourth-order valence-electron chi connectivity index (χ4n) is 1.44. The maximum absolute atomic E-state index is 8.89. The first kappa shape index (κ1) is 13.9. The molecule has 0 atom stereocenters. The molecule has 1 aromatic rings. The summed E-state index contributed by atoms with van der Waals surface area (Å²) in [5, 5.41) is 8.89. The van der Waals surface area contributed by atoms with Crippen molar-refractivity contribution in [1.82, 2.24) is 9.88 Å². The maximum Gasteiger partial charge on any atom is 0.182 e. The molecule has 17 heavy (non-hydrogen) atoms. The lowest BCUT2D eigenvalue weighted by Gasteiger charge is -2.18. The number of halogens is 1. The summed E-state index contributed by atoms with van der Waals surface area (Å²) in [6, 6.07) is 3.79. The molecule has 5 heteroatoms. The van der Waals surface area contributed by atoms with Crippen LogP contribution in [0.3, 0.4) is 0 Å². The third-order valence-electron chi connectivity index (χ3n) is 2.48. The van der Waals surface area contributed by atoms with Gasteiger partial charge in [0.15, 0.2) is 11.4 Å². The summed E-state index contributed by atoms with van der Waals surface area (Å²) in [7, 11) is 0. The number of aromatic nitrogens is 1. The number of pyridine rings is 1. The number of hydrogen-bond acceptors (Lipinski definition) is 4. The van der Waals surface area contributed by atoms with E-state index in [1.54, 1.807) is 12.3 Å². The molecular weight excluding hydrogens is 282 g/mol. The van der Waals surface area contributed by atoms with Gasteiger partial charge in [-0.3, -0.25) is 0 Å². The molecule has 0 saturated carbocycles. The summed E-state index contributed by atoms with van der Waals surface area (Å²) in [5.41, 5.74) is 0.327. The fraction of sp³-hybridized carbons (Fsp3) is 0.500. The van der Waals surface area contributed by atoms with Gasteiger partial charge in [-0.05, 0) is 35.1 Å². The highest BCUT2D eigenvalue weighted by Crippen LogP contribution is 2.20. The van der Waals surface area contributed by atoms with E-state index >= 15 is 0 Å². The Kier molecular flexibility index (Phi) is 5.95. The zero-order chi connectivity index (χ0) is 12.7. The van der Waals surface area contributed by atoms with Crippen LogP contribution in [0.1, 0.15) is 19.5 Å². The van der Waals surface area contributed by atoms with Crippen LogP contribution in [0.4, 0.5) is 0 Å². The lowest BCUT2D eigenvalue weighted by atomic mass is 10.3. The van der Waals surface area contributed by atoms with Gasteiger partial charge in [0, 0.05) is 17.2 Å². The minimum Gasteiger partial charge on any atom is -0.489 e. The first-order valence-electron chi connectivity index (χ1n) is 5.62. The van der Waals surface area contributed by atoms with E-state index in [-0.39, 0.29) is 0 Å². The van der Waals surface area contributed by atoms with Crippen molar-refractivity contribution in [2.75, 3.05) is 26.2 Å². The van der Waals surface area contributed by atoms with Gasteiger partial charge in [-0.25, -0.2) is 4.98 Å². The number of hydrogen-bond donors (Lipinski definition) is 0. The largest absolute Gasteiger partial charge is 0.489 e. The molecule has 0 N–H and O–H groups in total. The van der Waals surface area contributed by atoms with Crippen LogP contribution in [-0.2, 0) is 0 Å². The van der Waals surface area contributed by atoms with E-state index in [2.05, 4.69) is 39.7 Å². The van der Waals surface area contributed by atoms with E-state index in [1.807, 2.05) is 6.07 Å². The summed E-state index contributed by atoms with van der Waals surface area (Å²) in [4.78, 5) is 6.25. The summed E-state index contributed by atoms with van der Waals surface area (Å²) < 4.78 is 6.40. The Hall–Kier alpha value is -1.12. The van der Waals surface area contributed by atoms with Crippen LogP contribution < -0.4 is 4.74 Å². The van der Waals surface area contributed by atoms with Gasteiger partial charge in [-0.2, -0.15) is 5.26 Å². The molecule has 92 valence electrons. The van der Waals surface area contributed by atoms with Crippen molar-refractivity contribution >= 4 is 15.9 Å². The van der Waals surface area contributed by atoms with Crippen LogP contribution in [-0.4, -0.2) is 36.1 Å². The van der Waals surface area contributed by atoms with Gasteiger partial charge in [-0.1, -0.05) is 13.8 Å². The van der Waals surface area contributed by atoms with E-state index in [0.717, 1.165) is 24.1 Å². The molecule has 0 spiro atoms. The predicted octanol–water partition coefficient (Wildman–Crippen LogP) is 2.44. The monoisotopic (exact) mass is 297 g/mol. The van der Waals surface area contributed by atoms with Crippen LogP contribution in [0, 0.1) is 11.3 Å². The molecule has 0 aliphatic carbocycles. The quantitative estimate of drug-likeness (QED) is 0.809. The van der Waals surface area contributed by atoms with E-state index in [0.29, 0.717) is 18.1 Å². The summed E-state index contributed by atoms with van der Waals surface area (Å²) in [6.45, 7) is 7.65. The van der Waals surface area contributed by atoms with E-state index in [1.165, 1.54) is 0 Å². The average Bonchev–Trinajstić information content (AvgIpc) is 2.35. The number of nitriles is 1. The van der Waals surface area contributed by atoms with Gasteiger partial charge in [0.05, 0.1) is 0 Å². The number of ether oxygens (including phenoxy) is 1. The Balaban J connectivity index is 2.57. The molecule has 0 fully saturated rings. The molecule has 0 bridgehead atoms. The molecule has 1 rings (SSSR count). The lowest BCUT2D eigenvalue weighted by molar-refractivity contribution is 0.222. The second-order valence-electron chi connectivity index (χ2n) is 3.49. The molecule has 1 aromatic heterocycles. The Bertz CT molecular complexity index is 399.